The Bertz CT molecular complexity index is 429. The Hall–Kier alpha value is -0.860. The monoisotopic (exact) mass is 289 g/mol. The van der Waals surface area contributed by atoms with Gasteiger partial charge in [0.25, 0.3) is 0 Å². The van der Waals surface area contributed by atoms with Crippen molar-refractivity contribution in [1.82, 2.24) is 5.32 Å². The van der Waals surface area contributed by atoms with Gasteiger partial charge >= 0.3 is 0 Å². The Balaban J connectivity index is 2.24. The summed E-state index contributed by atoms with van der Waals surface area (Å²) >= 11 is 0. The van der Waals surface area contributed by atoms with Gasteiger partial charge < -0.3 is 10.1 Å². The van der Waals surface area contributed by atoms with Crippen LogP contribution in [-0.2, 0) is 4.74 Å². The number of likely N-dealkylation sites (N-methyl/N-ethyl adjacent to an activating group) is 1. The van der Waals surface area contributed by atoms with Crippen LogP contribution in [0.5, 0.6) is 0 Å². The molecule has 1 N–H and O–H groups in total. The van der Waals surface area contributed by atoms with E-state index in [0.29, 0.717) is 5.92 Å². The first-order valence-corrected chi connectivity index (χ1v) is 8.34. The van der Waals surface area contributed by atoms with Gasteiger partial charge in [-0.25, -0.2) is 0 Å². The molecule has 2 nitrogen and oxygen atoms in total. The Labute approximate surface area is 130 Å². The van der Waals surface area contributed by atoms with E-state index in [1.54, 1.807) is 0 Å². The zero-order chi connectivity index (χ0) is 15.5. The fourth-order valence-electron chi connectivity index (χ4n) is 3.67. The SMILES string of the molecule is CNC(c1ccc(C(C)C)cc1)C1(OC)CCC(C)CC1. The first kappa shape index (κ1) is 16.5. The molecule has 1 aliphatic carbocycles. The van der Waals surface area contributed by atoms with Crippen molar-refractivity contribution in [2.75, 3.05) is 14.2 Å². The van der Waals surface area contributed by atoms with Crippen molar-refractivity contribution in [3.05, 3.63) is 35.4 Å². The molecule has 0 spiro atoms. The predicted molar refractivity (Wildman–Crippen MR) is 89.7 cm³/mol. The van der Waals surface area contributed by atoms with E-state index in [0.717, 1.165) is 18.8 Å². The summed E-state index contributed by atoms with van der Waals surface area (Å²) in [6.45, 7) is 6.83. The molecule has 1 saturated carbocycles. The molecule has 118 valence electrons. The highest BCUT2D eigenvalue weighted by atomic mass is 16.5. The predicted octanol–water partition coefficient (Wildman–Crippen LogP) is 4.67. The highest BCUT2D eigenvalue weighted by Crippen LogP contribution is 2.42. The molecule has 21 heavy (non-hydrogen) atoms. The number of ether oxygens (including phenoxy) is 1. The van der Waals surface area contributed by atoms with Crippen LogP contribution in [0.15, 0.2) is 24.3 Å². The number of nitrogens with one attached hydrogen (secondary N) is 1. The fourth-order valence-corrected chi connectivity index (χ4v) is 3.67. The van der Waals surface area contributed by atoms with Crippen molar-refractivity contribution in [2.24, 2.45) is 5.92 Å². The number of rotatable bonds is 5. The van der Waals surface area contributed by atoms with Crippen molar-refractivity contribution in [2.45, 2.75) is 64.0 Å². The van der Waals surface area contributed by atoms with Gasteiger partial charge in [-0.2, -0.15) is 0 Å². The maximum Gasteiger partial charge on any atom is 0.0872 e. The summed E-state index contributed by atoms with van der Waals surface area (Å²) in [6.07, 6.45) is 4.80. The Morgan fingerprint density at radius 2 is 1.62 bits per heavy atom. The average Bonchev–Trinajstić information content (AvgIpc) is 2.50. The standard InChI is InChI=1S/C19H31NO/c1-14(2)16-6-8-17(9-7-16)18(20-4)19(21-5)12-10-15(3)11-13-19/h6-9,14-15,18,20H,10-13H2,1-5H3. The van der Waals surface area contributed by atoms with Gasteiger partial charge in [-0.3, -0.25) is 0 Å². The first-order chi connectivity index (χ1) is 10.0. The molecule has 1 atom stereocenters. The number of benzene rings is 1. The topological polar surface area (TPSA) is 21.3 Å². The third-order valence-corrected chi connectivity index (χ3v) is 5.28. The maximum atomic E-state index is 6.05. The lowest BCUT2D eigenvalue weighted by Gasteiger charge is -2.44. The Morgan fingerprint density at radius 1 is 1.10 bits per heavy atom. The summed E-state index contributed by atoms with van der Waals surface area (Å²) in [6, 6.07) is 9.35. The minimum absolute atomic E-state index is 0.0550. The smallest absolute Gasteiger partial charge is 0.0872 e. The van der Waals surface area contributed by atoms with Crippen LogP contribution in [0.25, 0.3) is 0 Å². The molecule has 0 aromatic heterocycles. The molecule has 2 heteroatoms. The average molecular weight is 289 g/mol. The van der Waals surface area contributed by atoms with Crippen molar-refractivity contribution < 1.29 is 4.74 Å². The van der Waals surface area contributed by atoms with Crippen LogP contribution in [0, 0.1) is 5.92 Å². The Morgan fingerprint density at radius 3 is 2.05 bits per heavy atom. The molecule has 2 rings (SSSR count). The second-order valence-electron chi connectivity index (χ2n) is 6.99. The van der Waals surface area contributed by atoms with Gasteiger partial charge in [0.1, 0.15) is 0 Å². The lowest BCUT2D eigenvalue weighted by Crippen LogP contribution is -2.46. The molecule has 0 saturated heterocycles. The molecule has 0 heterocycles. The summed E-state index contributed by atoms with van der Waals surface area (Å²) in [4.78, 5) is 0. The Kier molecular flexibility index (Phi) is 5.45. The van der Waals surface area contributed by atoms with Crippen LogP contribution in [0.2, 0.25) is 0 Å². The van der Waals surface area contributed by atoms with Crippen LogP contribution < -0.4 is 5.32 Å². The van der Waals surface area contributed by atoms with Gasteiger partial charge in [0.05, 0.1) is 11.6 Å². The normalized spacial score (nSPS) is 27.8. The molecule has 0 bridgehead atoms. The van der Waals surface area contributed by atoms with Gasteiger partial charge in [0.2, 0.25) is 0 Å². The lowest BCUT2D eigenvalue weighted by atomic mass is 9.73. The quantitative estimate of drug-likeness (QED) is 0.851. The molecule has 1 aromatic carbocycles. The summed E-state index contributed by atoms with van der Waals surface area (Å²) in [5, 5.41) is 3.52. The summed E-state index contributed by atoms with van der Waals surface area (Å²) in [5.74, 6) is 1.41. The largest absolute Gasteiger partial charge is 0.376 e. The second kappa shape index (κ2) is 6.93. The van der Waals surface area contributed by atoms with Crippen molar-refractivity contribution in [3.63, 3.8) is 0 Å². The van der Waals surface area contributed by atoms with Crippen molar-refractivity contribution >= 4 is 0 Å². The third kappa shape index (κ3) is 3.49. The van der Waals surface area contributed by atoms with E-state index in [9.17, 15) is 0 Å². The molecular weight excluding hydrogens is 258 g/mol. The molecule has 0 amide bonds. The minimum Gasteiger partial charge on any atom is -0.376 e. The number of hydrogen-bond donors (Lipinski definition) is 1. The highest BCUT2D eigenvalue weighted by molar-refractivity contribution is 5.29. The van der Waals surface area contributed by atoms with Gasteiger partial charge in [-0.1, -0.05) is 45.0 Å². The second-order valence-corrected chi connectivity index (χ2v) is 6.99. The van der Waals surface area contributed by atoms with E-state index in [1.807, 2.05) is 7.11 Å². The molecule has 0 radical (unpaired) electrons. The van der Waals surface area contributed by atoms with E-state index in [4.69, 9.17) is 4.74 Å². The van der Waals surface area contributed by atoms with Crippen molar-refractivity contribution in [1.29, 1.82) is 0 Å². The van der Waals surface area contributed by atoms with Crippen LogP contribution in [0.3, 0.4) is 0 Å². The van der Waals surface area contributed by atoms with E-state index >= 15 is 0 Å². The van der Waals surface area contributed by atoms with E-state index < -0.39 is 0 Å². The summed E-state index contributed by atoms with van der Waals surface area (Å²) < 4.78 is 6.05. The fraction of sp³-hybridized carbons (Fsp3) is 0.684. The maximum absolute atomic E-state index is 6.05. The highest BCUT2D eigenvalue weighted by Gasteiger charge is 2.41. The summed E-state index contributed by atoms with van der Waals surface area (Å²) in [5.41, 5.74) is 2.69. The van der Waals surface area contributed by atoms with Crippen LogP contribution in [0.1, 0.15) is 69.5 Å². The summed E-state index contributed by atoms with van der Waals surface area (Å²) in [7, 11) is 3.93. The van der Waals surface area contributed by atoms with E-state index in [2.05, 4.69) is 57.4 Å². The number of methoxy groups -OCH3 is 1. The van der Waals surface area contributed by atoms with E-state index in [-0.39, 0.29) is 11.6 Å². The molecule has 1 fully saturated rings. The molecule has 1 aromatic rings. The van der Waals surface area contributed by atoms with Crippen LogP contribution in [-0.4, -0.2) is 19.8 Å². The minimum atomic E-state index is -0.0550. The molecule has 1 unspecified atom stereocenters. The zero-order valence-corrected chi connectivity index (χ0v) is 14.3. The van der Waals surface area contributed by atoms with Crippen LogP contribution >= 0.6 is 0 Å². The lowest BCUT2D eigenvalue weighted by molar-refractivity contribution is -0.0745. The first-order valence-electron chi connectivity index (χ1n) is 8.34. The third-order valence-electron chi connectivity index (χ3n) is 5.28. The van der Waals surface area contributed by atoms with Crippen LogP contribution in [0.4, 0.5) is 0 Å². The molecular formula is C19H31NO. The van der Waals surface area contributed by atoms with Gasteiger partial charge in [-0.15, -0.1) is 0 Å². The molecule has 1 aliphatic rings. The zero-order valence-electron chi connectivity index (χ0n) is 14.3. The number of hydrogen-bond acceptors (Lipinski definition) is 2. The van der Waals surface area contributed by atoms with Gasteiger partial charge in [0.15, 0.2) is 0 Å². The van der Waals surface area contributed by atoms with Crippen molar-refractivity contribution in [3.8, 4) is 0 Å². The van der Waals surface area contributed by atoms with Gasteiger partial charge in [-0.05, 0) is 55.7 Å². The van der Waals surface area contributed by atoms with Gasteiger partial charge in [0, 0.05) is 7.11 Å². The van der Waals surface area contributed by atoms with E-state index in [1.165, 1.54) is 24.0 Å². The molecule has 0 aliphatic heterocycles.